The summed E-state index contributed by atoms with van der Waals surface area (Å²) < 4.78 is 2.98. The Balaban J connectivity index is 2.45. The van der Waals surface area contributed by atoms with E-state index >= 15 is 0 Å². The van der Waals surface area contributed by atoms with Crippen molar-refractivity contribution in [3.05, 3.63) is 51.8 Å². The van der Waals surface area contributed by atoms with Crippen molar-refractivity contribution in [1.29, 1.82) is 0 Å². The molecule has 2 aromatic rings. The Morgan fingerprint density at radius 1 is 1.41 bits per heavy atom. The third-order valence-electron chi connectivity index (χ3n) is 2.88. The van der Waals surface area contributed by atoms with Crippen LogP contribution in [0.5, 0.6) is 0 Å². The first-order valence-corrected chi connectivity index (χ1v) is 6.33. The van der Waals surface area contributed by atoms with Crippen LogP contribution >= 0.6 is 15.9 Å². The second-order valence-corrected chi connectivity index (χ2v) is 4.94. The average molecular weight is 294 g/mol. The summed E-state index contributed by atoms with van der Waals surface area (Å²) in [4.78, 5) is 0. The van der Waals surface area contributed by atoms with E-state index in [0.29, 0.717) is 0 Å². The number of aryl methyl sites for hydroxylation is 2. The number of aromatic nitrogens is 2. The molecule has 0 saturated heterocycles. The van der Waals surface area contributed by atoms with Crippen LogP contribution in [0.4, 0.5) is 0 Å². The van der Waals surface area contributed by atoms with Crippen LogP contribution in [0.1, 0.15) is 22.7 Å². The van der Waals surface area contributed by atoms with Crippen molar-refractivity contribution in [2.45, 2.75) is 13.0 Å². The minimum absolute atomic E-state index is 0.165. The van der Waals surface area contributed by atoms with Crippen LogP contribution in [0, 0.1) is 6.92 Å². The van der Waals surface area contributed by atoms with Gasteiger partial charge in [0.2, 0.25) is 0 Å². The monoisotopic (exact) mass is 293 g/mol. The molecule has 0 spiro atoms. The van der Waals surface area contributed by atoms with Crippen LogP contribution in [0.3, 0.4) is 0 Å². The highest BCUT2D eigenvalue weighted by Gasteiger charge is 2.16. The lowest BCUT2D eigenvalue weighted by molar-refractivity contribution is 0.686. The highest BCUT2D eigenvalue weighted by atomic mass is 79.9. The van der Waals surface area contributed by atoms with E-state index in [2.05, 4.69) is 51.5 Å². The van der Waals surface area contributed by atoms with Gasteiger partial charge in [0, 0.05) is 23.3 Å². The van der Waals surface area contributed by atoms with Crippen molar-refractivity contribution in [3.63, 3.8) is 0 Å². The van der Waals surface area contributed by atoms with Gasteiger partial charge in [-0.25, -0.2) is 0 Å². The van der Waals surface area contributed by atoms with Crippen LogP contribution < -0.4 is 5.32 Å². The molecule has 0 saturated carbocycles. The van der Waals surface area contributed by atoms with Gasteiger partial charge >= 0.3 is 0 Å². The van der Waals surface area contributed by atoms with Gasteiger partial charge in [-0.1, -0.05) is 34.1 Å². The van der Waals surface area contributed by atoms with Crippen molar-refractivity contribution in [2.75, 3.05) is 7.05 Å². The maximum atomic E-state index is 4.22. The fourth-order valence-corrected chi connectivity index (χ4v) is 2.48. The van der Waals surface area contributed by atoms with E-state index in [4.69, 9.17) is 0 Å². The second-order valence-electron chi connectivity index (χ2n) is 4.15. The third-order valence-corrected chi connectivity index (χ3v) is 3.96. The summed E-state index contributed by atoms with van der Waals surface area (Å²) in [6, 6.07) is 6.48. The molecule has 1 N–H and O–H groups in total. The van der Waals surface area contributed by atoms with E-state index < -0.39 is 0 Å². The quantitative estimate of drug-likeness (QED) is 0.943. The van der Waals surface area contributed by atoms with Gasteiger partial charge in [0.25, 0.3) is 0 Å². The molecule has 0 aliphatic rings. The maximum absolute atomic E-state index is 4.22. The van der Waals surface area contributed by atoms with Crippen molar-refractivity contribution in [1.82, 2.24) is 15.1 Å². The molecule has 0 bridgehead atoms. The van der Waals surface area contributed by atoms with Gasteiger partial charge in [0.1, 0.15) is 0 Å². The van der Waals surface area contributed by atoms with E-state index in [1.807, 2.05) is 31.2 Å². The summed E-state index contributed by atoms with van der Waals surface area (Å²) in [6.45, 7) is 2.10. The van der Waals surface area contributed by atoms with Crippen LogP contribution in [-0.4, -0.2) is 16.8 Å². The second kappa shape index (κ2) is 5.02. The van der Waals surface area contributed by atoms with Crippen LogP contribution in [0.15, 0.2) is 35.1 Å². The Labute approximate surface area is 110 Å². The first kappa shape index (κ1) is 12.3. The lowest BCUT2D eigenvalue weighted by Gasteiger charge is -2.17. The number of hydrogen-bond donors (Lipinski definition) is 1. The molecule has 17 heavy (non-hydrogen) atoms. The predicted molar refractivity (Wildman–Crippen MR) is 73.0 cm³/mol. The van der Waals surface area contributed by atoms with Crippen molar-refractivity contribution < 1.29 is 0 Å². The number of nitrogens with one attached hydrogen (secondary N) is 1. The number of halogens is 1. The molecule has 0 amide bonds. The third kappa shape index (κ3) is 2.42. The molecule has 0 fully saturated rings. The summed E-state index contributed by atoms with van der Waals surface area (Å²) in [6.07, 6.45) is 3.94. The summed E-state index contributed by atoms with van der Waals surface area (Å²) in [5, 5.41) is 7.56. The van der Waals surface area contributed by atoms with E-state index in [9.17, 15) is 0 Å². The Hall–Kier alpha value is -1.13. The molecule has 0 radical (unpaired) electrons. The molecule has 90 valence electrons. The van der Waals surface area contributed by atoms with Crippen molar-refractivity contribution in [2.24, 2.45) is 7.05 Å². The van der Waals surface area contributed by atoms with Gasteiger partial charge in [0.05, 0.1) is 12.2 Å². The van der Waals surface area contributed by atoms with Gasteiger partial charge in [-0.05, 0) is 25.1 Å². The van der Waals surface area contributed by atoms with Crippen LogP contribution in [0.25, 0.3) is 0 Å². The molecular weight excluding hydrogens is 278 g/mol. The molecule has 4 heteroatoms. The summed E-state index contributed by atoms with van der Waals surface area (Å²) >= 11 is 3.66. The molecule has 2 rings (SSSR count). The zero-order valence-electron chi connectivity index (χ0n) is 10.2. The number of hydrogen-bond acceptors (Lipinski definition) is 2. The van der Waals surface area contributed by atoms with E-state index in [-0.39, 0.29) is 6.04 Å². The first-order chi connectivity index (χ1) is 8.13. The normalized spacial score (nSPS) is 12.7. The van der Waals surface area contributed by atoms with Crippen molar-refractivity contribution in [3.8, 4) is 0 Å². The number of benzene rings is 1. The van der Waals surface area contributed by atoms with Crippen LogP contribution in [-0.2, 0) is 7.05 Å². The number of rotatable bonds is 3. The summed E-state index contributed by atoms with van der Waals surface area (Å²) in [7, 11) is 3.90. The predicted octanol–water partition coefficient (Wildman–Crippen LogP) is 2.80. The molecule has 1 atom stereocenters. The van der Waals surface area contributed by atoms with E-state index in [0.717, 1.165) is 4.47 Å². The average Bonchev–Trinajstić information content (AvgIpc) is 2.72. The van der Waals surface area contributed by atoms with Gasteiger partial charge in [-0.15, -0.1) is 0 Å². The topological polar surface area (TPSA) is 29.9 Å². The zero-order chi connectivity index (χ0) is 12.4. The zero-order valence-corrected chi connectivity index (χ0v) is 11.8. The number of nitrogens with zero attached hydrogens (tertiary/aromatic N) is 2. The Morgan fingerprint density at radius 2 is 2.18 bits per heavy atom. The lowest BCUT2D eigenvalue weighted by Crippen LogP contribution is -2.17. The molecule has 0 aliphatic heterocycles. The SMILES string of the molecule is CNC(c1cnn(C)c1)c1cccc(C)c1Br. The molecule has 3 nitrogen and oxygen atoms in total. The summed E-state index contributed by atoms with van der Waals surface area (Å²) in [5.74, 6) is 0. The minimum atomic E-state index is 0.165. The Kier molecular flexibility index (Phi) is 3.64. The molecular formula is C13H16BrN3. The smallest absolute Gasteiger partial charge is 0.0616 e. The van der Waals surface area contributed by atoms with Gasteiger partial charge < -0.3 is 5.32 Å². The molecule has 0 aliphatic carbocycles. The highest BCUT2D eigenvalue weighted by Crippen LogP contribution is 2.30. The maximum Gasteiger partial charge on any atom is 0.0616 e. The van der Waals surface area contributed by atoms with Crippen LogP contribution in [0.2, 0.25) is 0 Å². The molecule has 1 heterocycles. The fraction of sp³-hybridized carbons (Fsp3) is 0.308. The minimum Gasteiger partial charge on any atom is -0.309 e. The van der Waals surface area contributed by atoms with Crippen molar-refractivity contribution >= 4 is 15.9 Å². The molecule has 1 unspecified atom stereocenters. The molecule has 1 aromatic carbocycles. The highest BCUT2D eigenvalue weighted by molar-refractivity contribution is 9.10. The first-order valence-electron chi connectivity index (χ1n) is 5.54. The van der Waals surface area contributed by atoms with Gasteiger partial charge in [-0.2, -0.15) is 5.10 Å². The Bertz CT molecular complexity index is 519. The summed E-state index contributed by atoms with van der Waals surface area (Å²) in [5.41, 5.74) is 3.65. The lowest BCUT2D eigenvalue weighted by atomic mass is 10.00. The fourth-order valence-electron chi connectivity index (χ4n) is 1.98. The van der Waals surface area contributed by atoms with E-state index in [1.165, 1.54) is 16.7 Å². The molecule has 1 aromatic heterocycles. The largest absolute Gasteiger partial charge is 0.309 e. The van der Waals surface area contributed by atoms with E-state index in [1.54, 1.807) is 0 Å². The van der Waals surface area contributed by atoms with Gasteiger partial charge in [-0.3, -0.25) is 4.68 Å². The standard InChI is InChI=1S/C13H16BrN3/c1-9-5-4-6-11(12(9)14)13(15-2)10-7-16-17(3)8-10/h4-8,13,15H,1-3H3. The van der Waals surface area contributed by atoms with Gasteiger partial charge in [0.15, 0.2) is 0 Å². The Morgan fingerprint density at radius 3 is 2.76 bits per heavy atom.